The van der Waals surface area contributed by atoms with E-state index >= 15 is 0 Å². The van der Waals surface area contributed by atoms with Gasteiger partial charge in [-0.15, -0.1) is 0 Å². The Morgan fingerprint density at radius 3 is 2.62 bits per heavy atom. The summed E-state index contributed by atoms with van der Waals surface area (Å²) in [6.07, 6.45) is 2.48. The SMILES string of the molecule is CC/C(C=NI)=N/N. The molecule has 0 radical (unpaired) electrons. The molecule has 0 aliphatic heterocycles. The van der Waals surface area contributed by atoms with E-state index in [1.807, 2.05) is 29.8 Å². The van der Waals surface area contributed by atoms with Gasteiger partial charge >= 0.3 is 0 Å². The standard InChI is InChI=1S/C4H8IN3/c1-2-4(8-6)3-7-5/h3H,2,6H2,1H3/b7-3?,8-4-. The lowest BCUT2D eigenvalue weighted by atomic mass is 10.3. The number of hydrogen-bond acceptors (Lipinski definition) is 3. The van der Waals surface area contributed by atoms with Crippen molar-refractivity contribution >= 4 is 34.8 Å². The third-order valence-electron chi connectivity index (χ3n) is 0.726. The van der Waals surface area contributed by atoms with Gasteiger partial charge < -0.3 is 5.84 Å². The van der Waals surface area contributed by atoms with Crippen LogP contribution in [0.15, 0.2) is 8.31 Å². The van der Waals surface area contributed by atoms with Gasteiger partial charge in [-0.25, -0.2) is 3.21 Å². The second-order valence-electron chi connectivity index (χ2n) is 1.20. The van der Waals surface area contributed by atoms with Crippen molar-refractivity contribution in [1.29, 1.82) is 0 Å². The van der Waals surface area contributed by atoms with E-state index in [0.717, 1.165) is 12.1 Å². The number of hydrazone groups is 1. The van der Waals surface area contributed by atoms with Gasteiger partial charge in [0.25, 0.3) is 0 Å². The lowest BCUT2D eigenvalue weighted by Gasteiger charge is -1.86. The molecule has 46 valence electrons. The van der Waals surface area contributed by atoms with Gasteiger partial charge in [-0.3, -0.25) is 0 Å². The summed E-state index contributed by atoms with van der Waals surface area (Å²) in [4.78, 5) is 0. The van der Waals surface area contributed by atoms with Crippen molar-refractivity contribution in [2.75, 3.05) is 0 Å². The van der Waals surface area contributed by atoms with Crippen molar-refractivity contribution < 1.29 is 0 Å². The summed E-state index contributed by atoms with van der Waals surface area (Å²) in [7, 11) is 0. The Balaban J connectivity index is 3.72. The lowest BCUT2D eigenvalue weighted by Crippen LogP contribution is -2.00. The number of rotatable bonds is 2. The average Bonchev–Trinajstić information content (AvgIpc) is 1.83. The van der Waals surface area contributed by atoms with Gasteiger partial charge in [-0.1, -0.05) is 6.92 Å². The first-order valence-electron chi connectivity index (χ1n) is 2.26. The quantitative estimate of drug-likeness (QED) is 0.325. The molecule has 0 unspecified atom stereocenters. The summed E-state index contributed by atoms with van der Waals surface area (Å²) in [6.45, 7) is 1.98. The van der Waals surface area contributed by atoms with Crippen molar-refractivity contribution in [3.05, 3.63) is 0 Å². The van der Waals surface area contributed by atoms with E-state index in [1.165, 1.54) is 0 Å². The van der Waals surface area contributed by atoms with E-state index in [9.17, 15) is 0 Å². The zero-order valence-corrected chi connectivity index (χ0v) is 6.79. The van der Waals surface area contributed by atoms with Crippen LogP contribution >= 0.6 is 22.9 Å². The normalized spacial score (nSPS) is 13.0. The molecule has 0 amide bonds. The van der Waals surface area contributed by atoms with Crippen LogP contribution in [-0.4, -0.2) is 11.9 Å². The van der Waals surface area contributed by atoms with Gasteiger partial charge in [0, 0.05) is 0 Å². The minimum Gasteiger partial charge on any atom is -0.323 e. The zero-order valence-electron chi connectivity index (χ0n) is 4.63. The van der Waals surface area contributed by atoms with E-state index < -0.39 is 0 Å². The molecular formula is C4H8IN3. The molecule has 0 aliphatic carbocycles. The van der Waals surface area contributed by atoms with Crippen LogP contribution < -0.4 is 5.84 Å². The molecule has 0 aromatic rings. The number of nitrogens with zero attached hydrogens (tertiary/aromatic N) is 2. The Morgan fingerprint density at radius 1 is 1.88 bits per heavy atom. The summed E-state index contributed by atoms with van der Waals surface area (Å²) in [6, 6.07) is 0. The Labute approximate surface area is 62.6 Å². The van der Waals surface area contributed by atoms with Crippen molar-refractivity contribution in [2.45, 2.75) is 13.3 Å². The van der Waals surface area contributed by atoms with Gasteiger partial charge in [0.2, 0.25) is 0 Å². The van der Waals surface area contributed by atoms with Gasteiger partial charge in [0.15, 0.2) is 0 Å². The fraction of sp³-hybridized carbons (Fsp3) is 0.500. The molecule has 0 saturated heterocycles. The largest absolute Gasteiger partial charge is 0.323 e. The van der Waals surface area contributed by atoms with Gasteiger partial charge in [-0.05, 0) is 6.42 Å². The second kappa shape index (κ2) is 5.02. The van der Waals surface area contributed by atoms with Crippen LogP contribution in [0.1, 0.15) is 13.3 Å². The fourth-order valence-electron chi connectivity index (χ4n) is 0.272. The maximum Gasteiger partial charge on any atom is 0.0831 e. The minimum atomic E-state index is 0.819. The Bertz CT molecular complexity index is 105. The van der Waals surface area contributed by atoms with Gasteiger partial charge in [0.1, 0.15) is 0 Å². The monoisotopic (exact) mass is 225 g/mol. The highest BCUT2D eigenvalue weighted by Crippen LogP contribution is 1.83. The van der Waals surface area contributed by atoms with E-state index in [2.05, 4.69) is 8.31 Å². The topological polar surface area (TPSA) is 50.7 Å². The number of hydrogen-bond donors (Lipinski definition) is 1. The predicted molar refractivity (Wildman–Crippen MR) is 44.4 cm³/mol. The van der Waals surface area contributed by atoms with E-state index in [-0.39, 0.29) is 0 Å². The number of halogens is 1. The summed E-state index contributed by atoms with van der Waals surface area (Å²) in [5, 5.41) is 3.46. The zero-order chi connectivity index (χ0) is 6.41. The maximum atomic E-state index is 4.96. The van der Waals surface area contributed by atoms with Crippen LogP contribution in [0.25, 0.3) is 0 Å². The van der Waals surface area contributed by atoms with Crippen molar-refractivity contribution in [3.63, 3.8) is 0 Å². The maximum absolute atomic E-state index is 4.96. The highest BCUT2D eigenvalue weighted by molar-refractivity contribution is 14.1. The van der Waals surface area contributed by atoms with Gasteiger partial charge in [0.05, 0.1) is 34.8 Å². The van der Waals surface area contributed by atoms with Crippen LogP contribution in [0.3, 0.4) is 0 Å². The summed E-state index contributed by atoms with van der Waals surface area (Å²) in [5.41, 5.74) is 0.819. The third-order valence-corrected chi connectivity index (χ3v) is 1.00. The summed E-state index contributed by atoms with van der Waals surface area (Å²) in [5.74, 6) is 4.96. The molecule has 0 heterocycles. The summed E-state index contributed by atoms with van der Waals surface area (Å²) >= 11 is 1.88. The lowest BCUT2D eigenvalue weighted by molar-refractivity contribution is 1.19. The Kier molecular flexibility index (Phi) is 4.93. The first-order chi connectivity index (χ1) is 3.85. The van der Waals surface area contributed by atoms with Crippen LogP contribution in [-0.2, 0) is 0 Å². The third kappa shape index (κ3) is 2.95. The van der Waals surface area contributed by atoms with E-state index in [0.29, 0.717) is 0 Å². The number of nitrogens with two attached hydrogens (primary N) is 1. The van der Waals surface area contributed by atoms with Gasteiger partial charge in [-0.2, -0.15) is 5.10 Å². The molecule has 0 aromatic heterocycles. The molecule has 0 spiro atoms. The summed E-state index contributed by atoms with van der Waals surface area (Å²) < 4.78 is 3.71. The molecule has 0 saturated carbocycles. The molecule has 8 heavy (non-hydrogen) atoms. The molecule has 0 aliphatic rings. The first kappa shape index (κ1) is 7.87. The van der Waals surface area contributed by atoms with E-state index in [4.69, 9.17) is 5.84 Å². The first-order valence-corrected chi connectivity index (χ1v) is 3.22. The Morgan fingerprint density at radius 2 is 2.50 bits per heavy atom. The fourth-order valence-corrected chi connectivity index (χ4v) is 0.594. The Hall–Kier alpha value is -0.130. The second-order valence-corrected chi connectivity index (χ2v) is 1.76. The minimum absolute atomic E-state index is 0.819. The molecule has 0 aromatic carbocycles. The van der Waals surface area contributed by atoms with Crippen LogP contribution in [0.2, 0.25) is 0 Å². The molecule has 2 N–H and O–H groups in total. The molecule has 4 heteroatoms. The molecular weight excluding hydrogens is 217 g/mol. The highest BCUT2D eigenvalue weighted by Gasteiger charge is 1.84. The molecule has 0 rings (SSSR count). The smallest absolute Gasteiger partial charge is 0.0831 e. The van der Waals surface area contributed by atoms with Crippen LogP contribution in [0.5, 0.6) is 0 Å². The molecule has 0 atom stereocenters. The molecule has 0 fully saturated rings. The molecule has 3 nitrogen and oxygen atoms in total. The van der Waals surface area contributed by atoms with Crippen molar-refractivity contribution in [1.82, 2.24) is 0 Å². The average molecular weight is 225 g/mol. The van der Waals surface area contributed by atoms with Crippen molar-refractivity contribution in [2.24, 2.45) is 14.1 Å². The van der Waals surface area contributed by atoms with Crippen molar-refractivity contribution in [3.8, 4) is 0 Å². The van der Waals surface area contributed by atoms with E-state index in [1.54, 1.807) is 6.21 Å². The molecule has 0 bridgehead atoms. The highest BCUT2D eigenvalue weighted by atomic mass is 127. The predicted octanol–water partition coefficient (Wildman–Crippen LogP) is 1.13. The van der Waals surface area contributed by atoms with Crippen LogP contribution in [0.4, 0.5) is 0 Å². The van der Waals surface area contributed by atoms with Crippen LogP contribution in [0, 0.1) is 0 Å².